The number of amides is 1. The summed E-state index contributed by atoms with van der Waals surface area (Å²) in [5, 5.41) is 5.63. The molecule has 0 radical (unpaired) electrons. The molecule has 132 valence electrons. The summed E-state index contributed by atoms with van der Waals surface area (Å²) in [6.07, 6.45) is 1.64. The van der Waals surface area contributed by atoms with Gasteiger partial charge in [-0.15, -0.1) is 5.10 Å². The Hall–Kier alpha value is -2.22. The number of aromatic nitrogens is 2. The van der Waals surface area contributed by atoms with E-state index in [0.717, 1.165) is 12.8 Å². The highest BCUT2D eigenvalue weighted by Gasteiger charge is 2.43. The van der Waals surface area contributed by atoms with E-state index in [1.807, 2.05) is 0 Å². The van der Waals surface area contributed by atoms with Gasteiger partial charge >= 0.3 is 6.09 Å². The molecule has 0 bridgehead atoms. The van der Waals surface area contributed by atoms with E-state index in [9.17, 15) is 9.18 Å². The number of benzene rings is 1. The van der Waals surface area contributed by atoms with Crippen molar-refractivity contribution in [3.05, 3.63) is 41.2 Å². The maximum atomic E-state index is 12.9. The molecule has 1 saturated carbocycles. The maximum Gasteiger partial charge on any atom is 0.410 e. The molecular weight excluding hydrogens is 345 g/mol. The first-order valence-electron chi connectivity index (χ1n) is 8.27. The number of hydrogen-bond acceptors (Lipinski definition) is 6. The van der Waals surface area contributed by atoms with Crippen LogP contribution in [-0.2, 0) is 11.3 Å². The Bertz CT molecular complexity index is 711. The topological polar surface area (TPSA) is 64.5 Å². The van der Waals surface area contributed by atoms with E-state index in [0.29, 0.717) is 36.4 Å². The summed E-state index contributed by atoms with van der Waals surface area (Å²) < 4.78 is 27.9. The maximum absolute atomic E-state index is 12.9. The van der Waals surface area contributed by atoms with E-state index in [2.05, 4.69) is 9.59 Å². The second kappa shape index (κ2) is 6.95. The van der Waals surface area contributed by atoms with Crippen molar-refractivity contribution in [3.8, 4) is 5.75 Å². The minimum atomic E-state index is -0.293. The minimum absolute atomic E-state index is 0.125. The van der Waals surface area contributed by atoms with Crippen LogP contribution in [0.1, 0.15) is 18.5 Å². The number of hydrogen-bond donors (Lipinski definition) is 0. The molecule has 2 aliphatic rings. The van der Waals surface area contributed by atoms with Crippen molar-refractivity contribution in [2.75, 3.05) is 13.1 Å². The molecule has 3 atom stereocenters. The first kappa shape index (κ1) is 16.3. The van der Waals surface area contributed by atoms with Crippen LogP contribution >= 0.6 is 11.5 Å². The molecule has 1 aromatic carbocycles. The fourth-order valence-corrected chi connectivity index (χ4v) is 4.11. The van der Waals surface area contributed by atoms with Crippen molar-refractivity contribution in [1.29, 1.82) is 0 Å². The molecule has 0 unspecified atom stereocenters. The second-order valence-electron chi connectivity index (χ2n) is 6.54. The molecule has 1 saturated heterocycles. The van der Waals surface area contributed by atoms with Crippen LogP contribution in [0, 0.1) is 17.7 Å². The Morgan fingerprint density at radius 1 is 1.24 bits per heavy atom. The van der Waals surface area contributed by atoms with Gasteiger partial charge < -0.3 is 14.4 Å². The van der Waals surface area contributed by atoms with Crippen LogP contribution in [0.5, 0.6) is 5.75 Å². The molecule has 4 rings (SSSR count). The van der Waals surface area contributed by atoms with Crippen LogP contribution in [0.3, 0.4) is 0 Å². The number of ether oxygens (including phenoxy) is 2. The van der Waals surface area contributed by atoms with Crippen molar-refractivity contribution < 1.29 is 18.7 Å². The normalized spacial score (nSPS) is 25.0. The summed E-state index contributed by atoms with van der Waals surface area (Å²) in [5.41, 5.74) is 0.672. The van der Waals surface area contributed by atoms with Gasteiger partial charge in [0.25, 0.3) is 0 Å². The predicted octanol–water partition coefficient (Wildman–Crippen LogP) is 3.10. The zero-order chi connectivity index (χ0) is 17.2. The lowest BCUT2D eigenvalue weighted by atomic mass is 10.0. The zero-order valence-electron chi connectivity index (χ0n) is 13.5. The number of halogens is 1. The minimum Gasteiger partial charge on any atom is -0.490 e. The fourth-order valence-electron chi connectivity index (χ4n) is 3.67. The Balaban J connectivity index is 1.25. The SMILES string of the molecule is O=C(OCc1csnn1)N1C[C@H]2C[C@@H](Oc3ccc(F)cc3)C[C@H]2C1. The van der Waals surface area contributed by atoms with Gasteiger partial charge in [0.15, 0.2) is 0 Å². The van der Waals surface area contributed by atoms with Crippen LogP contribution in [-0.4, -0.2) is 39.8 Å². The van der Waals surface area contributed by atoms with Gasteiger partial charge in [-0.25, -0.2) is 9.18 Å². The Labute approximate surface area is 148 Å². The summed E-state index contributed by atoms with van der Waals surface area (Å²) in [5.74, 6) is 1.29. The smallest absolute Gasteiger partial charge is 0.410 e. The molecule has 1 amide bonds. The summed E-state index contributed by atoms with van der Waals surface area (Å²) in [7, 11) is 0. The van der Waals surface area contributed by atoms with Crippen molar-refractivity contribution >= 4 is 17.6 Å². The van der Waals surface area contributed by atoms with E-state index in [1.54, 1.807) is 22.4 Å². The first-order valence-corrected chi connectivity index (χ1v) is 9.11. The summed E-state index contributed by atoms with van der Waals surface area (Å²) in [4.78, 5) is 13.9. The molecule has 2 fully saturated rings. The van der Waals surface area contributed by atoms with E-state index in [4.69, 9.17) is 9.47 Å². The van der Waals surface area contributed by atoms with E-state index < -0.39 is 0 Å². The Morgan fingerprint density at radius 3 is 2.60 bits per heavy atom. The van der Waals surface area contributed by atoms with Crippen LogP contribution in [0.2, 0.25) is 0 Å². The highest BCUT2D eigenvalue weighted by molar-refractivity contribution is 7.03. The number of nitrogens with zero attached hydrogens (tertiary/aromatic N) is 3. The molecule has 8 heteroatoms. The van der Waals surface area contributed by atoms with E-state index in [1.165, 1.54) is 23.7 Å². The van der Waals surface area contributed by atoms with Crippen LogP contribution in [0.15, 0.2) is 29.6 Å². The van der Waals surface area contributed by atoms with Crippen LogP contribution in [0.4, 0.5) is 9.18 Å². The largest absolute Gasteiger partial charge is 0.490 e. The van der Waals surface area contributed by atoms with Crippen LogP contribution < -0.4 is 4.74 Å². The number of fused-ring (bicyclic) bond motifs is 1. The summed E-state index contributed by atoms with van der Waals surface area (Å²) in [6, 6.07) is 6.11. The van der Waals surface area contributed by atoms with Gasteiger partial charge in [0.05, 0.1) is 6.10 Å². The zero-order valence-corrected chi connectivity index (χ0v) is 14.3. The molecule has 1 aliphatic heterocycles. The van der Waals surface area contributed by atoms with Crippen molar-refractivity contribution in [3.63, 3.8) is 0 Å². The quantitative estimate of drug-likeness (QED) is 0.835. The summed E-state index contributed by atoms with van der Waals surface area (Å²) >= 11 is 1.24. The van der Waals surface area contributed by atoms with Crippen molar-refractivity contribution in [2.45, 2.75) is 25.6 Å². The molecular formula is C17H18FN3O3S. The lowest BCUT2D eigenvalue weighted by Crippen LogP contribution is -2.31. The highest BCUT2D eigenvalue weighted by Crippen LogP contribution is 2.40. The molecule has 1 aromatic heterocycles. The molecule has 6 nitrogen and oxygen atoms in total. The number of likely N-dealkylation sites (tertiary alicyclic amines) is 1. The Morgan fingerprint density at radius 2 is 1.96 bits per heavy atom. The average Bonchev–Trinajstić information content (AvgIpc) is 3.31. The van der Waals surface area contributed by atoms with Gasteiger partial charge in [0, 0.05) is 18.5 Å². The van der Waals surface area contributed by atoms with Crippen molar-refractivity contribution in [2.24, 2.45) is 11.8 Å². The van der Waals surface area contributed by atoms with Crippen LogP contribution in [0.25, 0.3) is 0 Å². The van der Waals surface area contributed by atoms with Gasteiger partial charge in [-0.2, -0.15) is 0 Å². The lowest BCUT2D eigenvalue weighted by molar-refractivity contribution is 0.0975. The first-order chi connectivity index (χ1) is 12.2. The summed E-state index contributed by atoms with van der Waals surface area (Å²) in [6.45, 7) is 1.56. The second-order valence-corrected chi connectivity index (χ2v) is 7.15. The molecule has 0 N–H and O–H groups in total. The predicted molar refractivity (Wildman–Crippen MR) is 88.7 cm³/mol. The number of carbonyl (C=O) groups excluding carboxylic acids is 1. The third-order valence-corrected chi connectivity index (χ3v) is 5.38. The van der Waals surface area contributed by atoms with E-state index >= 15 is 0 Å². The van der Waals surface area contributed by atoms with Gasteiger partial charge in [0.2, 0.25) is 0 Å². The van der Waals surface area contributed by atoms with Gasteiger partial charge in [-0.1, -0.05) is 4.49 Å². The van der Waals surface area contributed by atoms with Gasteiger partial charge in [0.1, 0.15) is 23.9 Å². The third-order valence-electron chi connectivity index (χ3n) is 4.83. The molecule has 0 spiro atoms. The number of carbonyl (C=O) groups is 1. The molecule has 2 heterocycles. The number of rotatable bonds is 4. The fraction of sp³-hybridized carbons (Fsp3) is 0.471. The lowest BCUT2D eigenvalue weighted by Gasteiger charge is -2.19. The third kappa shape index (κ3) is 3.73. The standard InChI is InChI=1S/C17H18FN3O3S/c18-13-1-3-15(4-2-13)24-16-5-11-7-21(8-12(11)6-16)17(22)23-9-14-10-25-20-19-14/h1-4,10-12,16H,5-9H2/t11-,12+,16-. The monoisotopic (exact) mass is 363 g/mol. The van der Waals surface area contributed by atoms with Gasteiger partial charge in [-0.05, 0) is 60.5 Å². The molecule has 1 aliphatic carbocycles. The Kier molecular flexibility index (Phi) is 4.52. The van der Waals surface area contributed by atoms with Gasteiger partial charge in [-0.3, -0.25) is 0 Å². The van der Waals surface area contributed by atoms with E-state index in [-0.39, 0.29) is 24.6 Å². The molecule has 2 aromatic rings. The van der Waals surface area contributed by atoms with Crippen molar-refractivity contribution in [1.82, 2.24) is 14.5 Å². The molecule has 25 heavy (non-hydrogen) atoms. The average molecular weight is 363 g/mol. The highest BCUT2D eigenvalue weighted by atomic mass is 32.1.